The number of benzene rings is 2. The smallest absolute Gasteiger partial charge is 0.229 e. The highest BCUT2D eigenvalue weighted by atomic mass is 35.5. The minimum Gasteiger partial charge on any atom is -0.457 e. The molecule has 0 fully saturated rings. The average molecular weight is 410 g/mol. The van der Waals surface area contributed by atoms with E-state index in [1.54, 1.807) is 12.1 Å². The molecule has 0 saturated carbocycles. The Balaban J connectivity index is 2.72. The van der Waals surface area contributed by atoms with Crippen molar-refractivity contribution in [2.45, 2.75) is 52.4 Å². The Morgan fingerprint density at radius 1 is 0.889 bits per heavy atom. The molecule has 0 radical (unpaired) electrons. The molecule has 0 bridgehead atoms. The van der Waals surface area contributed by atoms with Gasteiger partial charge in [-0.15, -0.1) is 0 Å². The summed E-state index contributed by atoms with van der Waals surface area (Å²) in [6, 6.07) is 10.9. The molecule has 0 heterocycles. The van der Waals surface area contributed by atoms with Crippen LogP contribution < -0.4 is 9.46 Å². The molecule has 2 aromatic carbocycles. The minimum atomic E-state index is -3.38. The zero-order valence-corrected chi connectivity index (χ0v) is 18.5. The van der Waals surface area contributed by atoms with Gasteiger partial charge in [0.25, 0.3) is 0 Å². The Labute approximate surface area is 168 Å². The summed E-state index contributed by atoms with van der Waals surface area (Å²) in [6.45, 7) is 12.5. The van der Waals surface area contributed by atoms with Gasteiger partial charge in [-0.3, -0.25) is 4.72 Å². The molecule has 2 rings (SSSR count). The molecular formula is C21H28ClNO3S. The molecule has 4 nitrogen and oxygen atoms in total. The van der Waals surface area contributed by atoms with E-state index >= 15 is 0 Å². The van der Waals surface area contributed by atoms with Crippen LogP contribution in [0.5, 0.6) is 11.5 Å². The highest BCUT2D eigenvalue weighted by Gasteiger charge is 2.29. The molecule has 0 aliphatic heterocycles. The number of sulfonamides is 1. The van der Waals surface area contributed by atoms with E-state index in [0.717, 1.165) is 23.1 Å². The van der Waals surface area contributed by atoms with Crippen molar-refractivity contribution < 1.29 is 13.2 Å². The largest absolute Gasteiger partial charge is 0.457 e. The molecule has 0 atom stereocenters. The number of ether oxygens (including phenoxy) is 1. The summed E-state index contributed by atoms with van der Waals surface area (Å²) in [4.78, 5) is 0. The van der Waals surface area contributed by atoms with E-state index in [2.05, 4.69) is 46.3 Å². The van der Waals surface area contributed by atoms with Crippen LogP contribution in [-0.2, 0) is 20.9 Å². The van der Waals surface area contributed by atoms with Crippen LogP contribution in [0.25, 0.3) is 0 Å². The van der Waals surface area contributed by atoms with E-state index in [9.17, 15) is 8.42 Å². The van der Waals surface area contributed by atoms with Crippen molar-refractivity contribution in [1.29, 1.82) is 0 Å². The maximum atomic E-state index is 11.8. The lowest BCUT2D eigenvalue weighted by Crippen LogP contribution is -2.20. The third kappa shape index (κ3) is 5.88. The maximum absolute atomic E-state index is 11.8. The van der Waals surface area contributed by atoms with Crippen molar-refractivity contribution in [2.75, 3.05) is 11.0 Å². The number of anilines is 1. The minimum absolute atomic E-state index is 0.253. The Morgan fingerprint density at radius 2 is 1.33 bits per heavy atom. The lowest BCUT2D eigenvalue weighted by molar-refractivity contribution is 0.433. The first-order chi connectivity index (χ1) is 12.2. The summed E-state index contributed by atoms with van der Waals surface area (Å²) in [5.74, 6) is 1.43. The molecular weight excluding hydrogens is 382 g/mol. The Morgan fingerprint density at radius 3 is 1.70 bits per heavy atom. The van der Waals surface area contributed by atoms with Gasteiger partial charge in [0.2, 0.25) is 10.0 Å². The van der Waals surface area contributed by atoms with E-state index in [4.69, 9.17) is 16.3 Å². The molecule has 2 aromatic rings. The first-order valence-electron chi connectivity index (χ1n) is 8.77. The first-order valence-corrected chi connectivity index (χ1v) is 11.0. The van der Waals surface area contributed by atoms with Crippen LogP contribution >= 0.6 is 11.6 Å². The summed E-state index contributed by atoms with van der Waals surface area (Å²) < 4.78 is 32.5. The van der Waals surface area contributed by atoms with Gasteiger partial charge in [-0.25, -0.2) is 8.42 Å². The van der Waals surface area contributed by atoms with Crippen molar-refractivity contribution in [3.05, 3.63) is 52.5 Å². The Bertz CT molecular complexity index is 886. The van der Waals surface area contributed by atoms with Gasteiger partial charge in [0.15, 0.2) is 0 Å². The zero-order chi connectivity index (χ0) is 20.6. The molecule has 0 unspecified atom stereocenters. The van der Waals surface area contributed by atoms with E-state index in [0.29, 0.717) is 16.5 Å². The monoisotopic (exact) mass is 409 g/mol. The van der Waals surface area contributed by atoms with Gasteiger partial charge in [0.1, 0.15) is 11.5 Å². The number of nitrogens with one attached hydrogen (secondary N) is 1. The fraction of sp³-hybridized carbons (Fsp3) is 0.429. The van der Waals surface area contributed by atoms with Gasteiger partial charge < -0.3 is 4.74 Å². The maximum Gasteiger partial charge on any atom is 0.229 e. The standard InChI is InChI=1S/C21H28ClNO3S/c1-20(2,3)17-12-15(23-27(7,24)25)13-18(21(4,5)6)19(17)26-16-10-8-14(22)9-11-16/h8-13,23H,1-7H3. The lowest BCUT2D eigenvalue weighted by atomic mass is 9.79. The van der Waals surface area contributed by atoms with Gasteiger partial charge in [0.05, 0.1) is 6.26 Å². The second-order valence-electron chi connectivity index (χ2n) is 8.83. The summed E-state index contributed by atoms with van der Waals surface area (Å²) in [5, 5.41) is 0.641. The fourth-order valence-corrected chi connectivity index (χ4v) is 3.42. The Kier molecular flexibility index (Phi) is 5.88. The van der Waals surface area contributed by atoms with E-state index < -0.39 is 10.0 Å². The van der Waals surface area contributed by atoms with Crippen molar-refractivity contribution in [2.24, 2.45) is 0 Å². The predicted molar refractivity (Wildman–Crippen MR) is 114 cm³/mol. The van der Waals surface area contributed by atoms with Crippen LogP contribution in [0, 0.1) is 0 Å². The number of halogens is 1. The van der Waals surface area contributed by atoms with Crippen LogP contribution in [-0.4, -0.2) is 14.7 Å². The summed E-state index contributed by atoms with van der Waals surface area (Å²) in [5.41, 5.74) is 1.89. The van der Waals surface area contributed by atoms with Crippen LogP contribution in [0.1, 0.15) is 52.7 Å². The lowest BCUT2D eigenvalue weighted by Gasteiger charge is -2.30. The predicted octanol–water partition coefficient (Wildman–Crippen LogP) is 6.10. The number of rotatable bonds is 4. The van der Waals surface area contributed by atoms with E-state index in [1.165, 1.54) is 0 Å². The zero-order valence-electron chi connectivity index (χ0n) is 17.0. The van der Waals surface area contributed by atoms with Crippen LogP contribution in [0.4, 0.5) is 5.69 Å². The molecule has 0 amide bonds. The third-order valence-corrected chi connectivity index (χ3v) is 4.90. The van der Waals surface area contributed by atoms with E-state index in [1.807, 2.05) is 24.3 Å². The number of hydrogen-bond donors (Lipinski definition) is 1. The fourth-order valence-electron chi connectivity index (χ4n) is 2.75. The summed E-state index contributed by atoms with van der Waals surface area (Å²) in [6.07, 6.45) is 1.15. The molecule has 0 spiro atoms. The quantitative estimate of drug-likeness (QED) is 0.663. The molecule has 0 aliphatic carbocycles. The topological polar surface area (TPSA) is 55.4 Å². The molecule has 0 aliphatic rings. The van der Waals surface area contributed by atoms with Crippen molar-refractivity contribution in [3.8, 4) is 11.5 Å². The van der Waals surface area contributed by atoms with Gasteiger partial charge in [-0.2, -0.15) is 0 Å². The van der Waals surface area contributed by atoms with Crippen LogP contribution in [0.2, 0.25) is 5.02 Å². The highest BCUT2D eigenvalue weighted by Crippen LogP contribution is 2.44. The average Bonchev–Trinajstić information content (AvgIpc) is 2.47. The van der Waals surface area contributed by atoms with Crippen LogP contribution in [0.15, 0.2) is 36.4 Å². The third-order valence-electron chi connectivity index (χ3n) is 4.04. The number of hydrogen-bond acceptors (Lipinski definition) is 3. The second kappa shape index (κ2) is 7.36. The second-order valence-corrected chi connectivity index (χ2v) is 11.0. The summed E-state index contributed by atoms with van der Waals surface area (Å²) >= 11 is 5.98. The highest BCUT2D eigenvalue weighted by molar-refractivity contribution is 7.92. The van der Waals surface area contributed by atoms with E-state index in [-0.39, 0.29) is 10.8 Å². The molecule has 0 aromatic heterocycles. The Hall–Kier alpha value is -1.72. The van der Waals surface area contributed by atoms with Gasteiger partial charge in [-0.05, 0) is 47.2 Å². The normalized spacial score (nSPS) is 12.7. The molecule has 6 heteroatoms. The molecule has 1 N–H and O–H groups in total. The van der Waals surface area contributed by atoms with Gasteiger partial charge >= 0.3 is 0 Å². The summed E-state index contributed by atoms with van der Waals surface area (Å²) in [7, 11) is -3.38. The SMILES string of the molecule is CC(C)(C)c1cc(NS(C)(=O)=O)cc(C(C)(C)C)c1Oc1ccc(Cl)cc1. The molecule has 27 heavy (non-hydrogen) atoms. The van der Waals surface area contributed by atoms with Crippen molar-refractivity contribution >= 4 is 27.3 Å². The van der Waals surface area contributed by atoms with Gasteiger partial charge in [-0.1, -0.05) is 53.1 Å². The first kappa shape index (κ1) is 21.6. The van der Waals surface area contributed by atoms with Crippen molar-refractivity contribution in [1.82, 2.24) is 0 Å². The van der Waals surface area contributed by atoms with Crippen LogP contribution in [0.3, 0.4) is 0 Å². The molecule has 148 valence electrons. The van der Waals surface area contributed by atoms with Gasteiger partial charge in [0, 0.05) is 21.8 Å². The van der Waals surface area contributed by atoms with Crippen molar-refractivity contribution in [3.63, 3.8) is 0 Å². The molecule has 0 saturated heterocycles.